The van der Waals surface area contributed by atoms with Crippen LogP contribution in [0.4, 0.5) is 4.39 Å². The first-order chi connectivity index (χ1) is 7.69. The van der Waals surface area contributed by atoms with Crippen LogP contribution in [-0.4, -0.2) is 27.3 Å². The molecule has 90 valence electrons. The van der Waals surface area contributed by atoms with Crippen molar-refractivity contribution in [2.24, 2.45) is 5.92 Å². The Hall–Kier alpha value is -0.930. The van der Waals surface area contributed by atoms with Gasteiger partial charge < -0.3 is 10.1 Å². The van der Waals surface area contributed by atoms with Gasteiger partial charge in [0.25, 0.3) is 0 Å². The average Bonchev–Trinajstić information content (AvgIpc) is 2.28. The third kappa shape index (κ3) is 3.58. The van der Waals surface area contributed by atoms with Gasteiger partial charge in [-0.3, -0.25) is 0 Å². The molecule has 0 aliphatic rings. The fraction of sp³-hybridized carbons (Fsp3) is 0.538. The minimum absolute atomic E-state index is 0.189. The van der Waals surface area contributed by atoms with Gasteiger partial charge in [0.15, 0.2) is 0 Å². The monoisotopic (exact) mass is 225 g/mol. The van der Waals surface area contributed by atoms with Crippen molar-refractivity contribution in [2.45, 2.75) is 12.8 Å². The summed E-state index contributed by atoms with van der Waals surface area (Å²) < 4.78 is 18.0. The highest BCUT2D eigenvalue weighted by Gasteiger charge is 2.18. The first-order valence-corrected chi connectivity index (χ1v) is 5.58. The second kappa shape index (κ2) is 6.61. The van der Waals surface area contributed by atoms with Crippen LogP contribution in [0.3, 0.4) is 0 Å². The predicted octanol–water partition coefficient (Wildman–Crippen LogP) is 2.41. The highest BCUT2D eigenvalue weighted by molar-refractivity contribution is 5.21. The van der Waals surface area contributed by atoms with Crippen LogP contribution in [-0.2, 0) is 4.74 Å². The van der Waals surface area contributed by atoms with E-state index >= 15 is 0 Å². The molecule has 0 bridgehead atoms. The van der Waals surface area contributed by atoms with Gasteiger partial charge in [-0.25, -0.2) is 4.39 Å². The van der Waals surface area contributed by atoms with Crippen LogP contribution in [0.25, 0.3) is 0 Å². The second-order valence-corrected chi connectivity index (χ2v) is 4.15. The molecule has 1 N–H and O–H groups in total. The number of methoxy groups -OCH3 is 1. The molecule has 0 spiro atoms. The second-order valence-electron chi connectivity index (χ2n) is 4.15. The van der Waals surface area contributed by atoms with Crippen molar-refractivity contribution >= 4 is 0 Å². The van der Waals surface area contributed by atoms with Crippen molar-refractivity contribution in [3.05, 3.63) is 35.6 Å². The van der Waals surface area contributed by atoms with Gasteiger partial charge in [-0.1, -0.05) is 19.1 Å². The van der Waals surface area contributed by atoms with Crippen molar-refractivity contribution in [2.75, 3.05) is 27.3 Å². The zero-order valence-electron chi connectivity index (χ0n) is 10.2. The third-order valence-electron chi connectivity index (χ3n) is 2.84. The van der Waals surface area contributed by atoms with Gasteiger partial charge in [0, 0.05) is 26.2 Å². The van der Waals surface area contributed by atoms with Crippen molar-refractivity contribution in [1.29, 1.82) is 0 Å². The van der Waals surface area contributed by atoms with E-state index in [-0.39, 0.29) is 5.82 Å². The van der Waals surface area contributed by atoms with E-state index in [0.717, 1.165) is 12.1 Å². The summed E-state index contributed by atoms with van der Waals surface area (Å²) >= 11 is 0. The van der Waals surface area contributed by atoms with Gasteiger partial charge in [-0.05, 0) is 30.7 Å². The fourth-order valence-corrected chi connectivity index (χ4v) is 1.96. The van der Waals surface area contributed by atoms with E-state index < -0.39 is 0 Å². The molecule has 16 heavy (non-hydrogen) atoms. The maximum absolute atomic E-state index is 12.8. The SMILES string of the molecule is CNCC(c1ccc(F)cc1)C(C)COC. The van der Waals surface area contributed by atoms with E-state index in [4.69, 9.17) is 4.74 Å². The van der Waals surface area contributed by atoms with E-state index in [2.05, 4.69) is 12.2 Å². The lowest BCUT2D eigenvalue weighted by Crippen LogP contribution is -2.25. The van der Waals surface area contributed by atoms with Crippen molar-refractivity contribution in [3.63, 3.8) is 0 Å². The standard InChI is InChI=1S/C13H20FNO/c1-10(9-16-3)13(8-15-2)11-4-6-12(14)7-5-11/h4-7,10,13,15H,8-9H2,1-3H3. The molecular weight excluding hydrogens is 205 g/mol. The summed E-state index contributed by atoms with van der Waals surface area (Å²) in [5.74, 6) is 0.569. The number of benzene rings is 1. The molecule has 0 saturated carbocycles. The van der Waals surface area contributed by atoms with Gasteiger partial charge in [-0.15, -0.1) is 0 Å². The summed E-state index contributed by atoms with van der Waals surface area (Å²) in [6, 6.07) is 6.72. The predicted molar refractivity (Wildman–Crippen MR) is 64.1 cm³/mol. The Labute approximate surface area is 96.8 Å². The zero-order valence-corrected chi connectivity index (χ0v) is 10.2. The lowest BCUT2D eigenvalue weighted by atomic mass is 9.87. The minimum Gasteiger partial charge on any atom is -0.384 e. The van der Waals surface area contributed by atoms with Gasteiger partial charge >= 0.3 is 0 Å². The molecule has 0 aliphatic carbocycles. The van der Waals surface area contributed by atoms with Crippen LogP contribution >= 0.6 is 0 Å². The number of likely N-dealkylation sites (N-methyl/N-ethyl adjacent to an activating group) is 1. The van der Waals surface area contributed by atoms with E-state index in [0.29, 0.717) is 18.4 Å². The number of hydrogen-bond donors (Lipinski definition) is 1. The molecule has 0 heterocycles. The molecule has 2 nitrogen and oxygen atoms in total. The molecular formula is C13H20FNO. The van der Waals surface area contributed by atoms with Crippen molar-refractivity contribution in [3.8, 4) is 0 Å². The highest BCUT2D eigenvalue weighted by Crippen LogP contribution is 2.24. The van der Waals surface area contributed by atoms with E-state index in [9.17, 15) is 4.39 Å². The molecule has 1 aromatic carbocycles. The van der Waals surface area contributed by atoms with E-state index in [1.54, 1.807) is 7.11 Å². The number of nitrogens with one attached hydrogen (secondary N) is 1. The smallest absolute Gasteiger partial charge is 0.123 e. The van der Waals surface area contributed by atoms with Crippen molar-refractivity contribution in [1.82, 2.24) is 5.32 Å². The van der Waals surface area contributed by atoms with Crippen molar-refractivity contribution < 1.29 is 9.13 Å². The lowest BCUT2D eigenvalue weighted by Gasteiger charge is -2.23. The fourth-order valence-electron chi connectivity index (χ4n) is 1.96. The quantitative estimate of drug-likeness (QED) is 0.802. The van der Waals surface area contributed by atoms with Gasteiger partial charge in [0.2, 0.25) is 0 Å². The summed E-state index contributed by atoms with van der Waals surface area (Å²) in [7, 11) is 3.63. The van der Waals surface area contributed by atoms with Gasteiger partial charge in [-0.2, -0.15) is 0 Å². The Kier molecular flexibility index (Phi) is 5.43. The Morgan fingerprint density at radius 3 is 2.44 bits per heavy atom. The molecule has 1 rings (SSSR count). The van der Waals surface area contributed by atoms with Crippen LogP contribution in [0, 0.1) is 11.7 Å². The van der Waals surface area contributed by atoms with Crippen LogP contribution in [0.2, 0.25) is 0 Å². The number of rotatable bonds is 6. The normalized spacial score (nSPS) is 14.8. The summed E-state index contributed by atoms with van der Waals surface area (Å²) in [5.41, 5.74) is 1.15. The largest absolute Gasteiger partial charge is 0.384 e. The van der Waals surface area contributed by atoms with E-state index in [1.165, 1.54) is 12.1 Å². The first-order valence-electron chi connectivity index (χ1n) is 5.58. The average molecular weight is 225 g/mol. The molecule has 0 radical (unpaired) electrons. The molecule has 3 heteroatoms. The van der Waals surface area contributed by atoms with Gasteiger partial charge in [0.05, 0.1) is 0 Å². The third-order valence-corrected chi connectivity index (χ3v) is 2.84. The highest BCUT2D eigenvalue weighted by atomic mass is 19.1. The van der Waals surface area contributed by atoms with Crippen LogP contribution in [0.1, 0.15) is 18.4 Å². The van der Waals surface area contributed by atoms with Crippen LogP contribution < -0.4 is 5.32 Å². The van der Waals surface area contributed by atoms with Gasteiger partial charge in [0.1, 0.15) is 5.82 Å². The topological polar surface area (TPSA) is 21.3 Å². The molecule has 0 saturated heterocycles. The molecule has 2 atom stereocenters. The Morgan fingerprint density at radius 2 is 1.94 bits per heavy atom. The molecule has 0 amide bonds. The minimum atomic E-state index is -0.189. The Morgan fingerprint density at radius 1 is 1.31 bits per heavy atom. The molecule has 1 aromatic rings. The Bertz CT molecular complexity index is 299. The lowest BCUT2D eigenvalue weighted by molar-refractivity contribution is 0.146. The molecule has 0 aromatic heterocycles. The maximum atomic E-state index is 12.8. The molecule has 2 unspecified atom stereocenters. The molecule has 0 aliphatic heterocycles. The number of halogens is 1. The maximum Gasteiger partial charge on any atom is 0.123 e. The summed E-state index contributed by atoms with van der Waals surface area (Å²) in [6.45, 7) is 3.73. The zero-order chi connectivity index (χ0) is 12.0. The van der Waals surface area contributed by atoms with E-state index in [1.807, 2.05) is 19.2 Å². The van der Waals surface area contributed by atoms with Crippen LogP contribution in [0.5, 0.6) is 0 Å². The molecule has 0 fully saturated rings. The summed E-state index contributed by atoms with van der Waals surface area (Å²) in [4.78, 5) is 0. The first kappa shape index (κ1) is 13.1. The number of ether oxygens (including phenoxy) is 1. The summed E-state index contributed by atoms with van der Waals surface area (Å²) in [6.07, 6.45) is 0. The Balaban J connectivity index is 2.79. The van der Waals surface area contributed by atoms with Crippen LogP contribution in [0.15, 0.2) is 24.3 Å². The summed E-state index contributed by atoms with van der Waals surface area (Å²) in [5, 5.41) is 3.17. The number of hydrogen-bond acceptors (Lipinski definition) is 2.